The predicted molar refractivity (Wildman–Crippen MR) is 117 cm³/mol. The zero-order valence-corrected chi connectivity index (χ0v) is 19.6. The van der Waals surface area contributed by atoms with Crippen LogP contribution in [0.4, 0.5) is 0 Å². The molecule has 1 atom stereocenters. The average Bonchev–Trinajstić information content (AvgIpc) is 2.59. The Morgan fingerprint density at radius 1 is 1.23 bits per heavy atom. The summed E-state index contributed by atoms with van der Waals surface area (Å²) in [5, 5.41) is 0. The third-order valence-electron chi connectivity index (χ3n) is 4.37. The van der Waals surface area contributed by atoms with Crippen molar-refractivity contribution in [2.45, 2.75) is 70.9 Å². The molecule has 1 aromatic carbocycles. The van der Waals surface area contributed by atoms with Gasteiger partial charge in [-0.2, -0.15) is 0 Å². The lowest BCUT2D eigenvalue weighted by atomic mass is 10.1. The number of guanidine groups is 1. The first-order chi connectivity index (χ1) is 13.7. The van der Waals surface area contributed by atoms with Crippen LogP contribution in [0.15, 0.2) is 16.0 Å². The van der Waals surface area contributed by atoms with Crippen LogP contribution in [-0.4, -0.2) is 45.6 Å². The number of sulfonamides is 1. The Kier molecular flexibility index (Phi) is 8.67. The Morgan fingerprint density at radius 3 is 2.37 bits per heavy atom. The highest BCUT2D eigenvalue weighted by Gasteiger charge is 2.24. The van der Waals surface area contributed by atoms with Crippen LogP contribution >= 0.6 is 0 Å². The van der Waals surface area contributed by atoms with Gasteiger partial charge >= 0.3 is 5.97 Å². The molecule has 0 radical (unpaired) electrons. The molecule has 1 rings (SSSR count). The van der Waals surface area contributed by atoms with Gasteiger partial charge in [0.15, 0.2) is 0 Å². The number of ether oxygens (including phenoxy) is 2. The Morgan fingerprint density at radius 2 is 1.83 bits per heavy atom. The summed E-state index contributed by atoms with van der Waals surface area (Å²) >= 11 is 0. The van der Waals surface area contributed by atoms with Gasteiger partial charge in [-0.15, -0.1) is 0 Å². The molecule has 0 aliphatic heterocycles. The molecule has 9 nitrogen and oxygen atoms in total. The highest BCUT2D eigenvalue weighted by atomic mass is 32.2. The molecule has 170 valence electrons. The van der Waals surface area contributed by atoms with E-state index in [0.717, 1.165) is 5.56 Å². The number of esters is 1. The zero-order valence-electron chi connectivity index (χ0n) is 18.8. The van der Waals surface area contributed by atoms with Gasteiger partial charge in [-0.3, -0.25) is 9.79 Å². The van der Waals surface area contributed by atoms with Gasteiger partial charge in [-0.1, -0.05) is 0 Å². The fourth-order valence-corrected chi connectivity index (χ4v) is 4.35. The van der Waals surface area contributed by atoms with Crippen LogP contribution in [0.5, 0.6) is 5.75 Å². The average molecular weight is 443 g/mol. The maximum absolute atomic E-state index is 12.8. The Hall–Kier alpha value is -2.33. The number of hydrogen-bond donors (Lipinski definition) is 3. The van der Waals surface area contributed by atoms with Gasteiger partial charge in [0, 0.05) is 6.54 Å². The predicted octanol–water partition coefficient (Wildman–Crippen LogP) is 1.66. The fourth-order valence-electron chi connectivity index (χ4n) is 2.87. The minimum atomic E-state index is -3.92. The summed E-state index contributed by atoms with van der Waals surface area (Å²) < 4.78 is 38.4. The van der Waals surface area contributed by atoms with Crippen LogP contribution in [0.2, 0.25) is 0 Å². The van der Waals surface area contributed by atoms with Crippen molar-refractivity contribution in [2.24, 2.45) is 16.5 Å². The molecule has 0 aliphatic carbocycles. The first kappa shape index (κ1) is 25.7. The number of carbonyl (C=O) groups excluding carboxylic acids is 1. The van der Waals surface area contributed by atoms with Crippen molar-refractivity contribution >= 4 is 22.0 Å². The molecule has 0 amide bonds. The second kappa shape index (κ2) is 10.1. The molecule has 30 heavy (non-hydrogen) atoms. The second-order valence-electron chi connectivity index (χ2n) is 8.13. The highest BCUT2D eigenvalue weighted by Crippen LogP contribution is 2.30. The lowest BCUT2D eigenvalue weighted by Crippen LogP contribution is -2.38. The Balaban J connectivity index is 2.76. The van der Waals surface area contributed by atoms with E-state index in [4.69, 9.17) is 20.9 Å². The Labute approximate surface area is 179 Å². The normalized spacial score (nSPS) is 13.7. The van der Waals surface area contributed by atoms with Crippen molar-refractivity contribution in [1.29, 1.82) is 0 Å². The number of aliphatic imine (C=N–C) groups is 1. The van der Waals surface area contributed by atoms with Crippen molar-refractivity contribution in [2.75, 3.05) is 13.7 Å². The van der Waals surface area contributed by atoms with Gasteiger partial charge in [-0.25, -0.2) is 13.1 Å². The summed E-state index contributed by atoms with van der Waals surface area (Å²) in [6, 6.07) is 0.896. The van der Waals surface area contributed by atoms with E-state index in [1.165, 1.54) is 7.11 Å². The number of methoxy groups -OCH3 is 1. The molecule has 5 N–H and O–H groups in total. The summed E-state index contributed by atoms with van der Waals surface area (Å²) in [5.41, 5.74) is 12.8. The number of nitrogens with zero attached hydrogens (tertiary/aromatic N) is 1. The van der Waals surface area contributed by atoms with Gasteiger partial charge in [0.05, 0.1) is 12.0 Å². The van der Waals surface area contributed by atoms with Crippen molar-refractivity contribution < 1.29 is 22.7 Å². The van der Waals surface area contributed by atoms with E-state index >= 15 is 0 Å². The van der Waals surface area contributed by atoms with Gasteiger partial charge < -0.3 is 20.9 Å². The van der Waals surface area contributed by atoms with Crippen LogP contribution in [0.25, 0.3) is 0 Å². The smallest absolute Gasteiger partial charge is 0.323 e. The molecule has 0 spiro atoms. The third kappa shape index (κ3) is 7.17. The summed E-state index contributed by atoms with van der Waals surface area (Å²) in [7, 11) is -2.38. The van der Waals surface area contributed by atoms with E-state index in [1.807, 2.05) is 0 Å². The zero-order chi connectivity index (χ0) is 23.3. The lowest BCUT2D eigenvalue weighted by Gasteiger charge is -2.22. The number of benzene rings is 1. The van der Waals surface area contributed by atoms with Crippen LogP contribution in [0.3, 0.4) is 0 Å². The summed E-state index contributed by atoms with van der Waals surface area (Å²) in [6.07, 6.45) is 0.789. The Bertz CT molecular complexity index is 905. The molecule has 1 aromatic rings. The van der Waals surface area contributed by atoms with Crippen LogP contribution in [0.1, 0.15) is 50.3 Å². The molecule has 0 heterocycles. The van der Waals surface area contributed by atoms with Gasteiger partial charge in [0.1, 0.15) is 17.4 Å². The molecule has 0 aliphatic rings. The van der Waals surface area contributed by atoms with Crippen molar-refractivity contribution in [3.05, 3.63) is 22.8 Å². The number of hydrogen-bond acceptors (Lipinski definition) is 7. The van der Waals surface area contributed by atoms with E-state index in [0.29, 0.717) is 29.7 Å². The number of rotatable bonds is 8. The van der Waals surface area contributed by atoms with Gasteiger partial charge in [0.25, 0.3) is 10.0 Å². The number of nitrogens with one attached hydrogen (secondary N) is 1. The first-order valence-corrected chi connectivity index (χ1v) is 11.1. The standard InChI is InChI=1S/C20H34N4O5S/c1-12-11-16(28-7)13(2)14(3)17(12)30(26,27)24-19(22)23-10-8-9-15(21)18(25)29-20(4,5)6/h11,15H,8-10,21H2,1-7H3,(H3,22,23,24). The van der Waals surface area contributed by atoms with E-state index in [2.05, 4.69) is 9.71 Å². The third-order valence-corrected chi connectivity index (χ3v) is 6.01. The minimum absolute atomic E-state index is 0.144. The lowest BCUT2D eigenvalue weighted by molar-refractivity contribution is -0.156. The highest BCUT2D eigenvalue weighted by molar-refractivity contribution is 7.90. The summed E-state index contributed by atoms with van der Waals surface area (Å²) in [4.78, 5) is 16.0. The molecular formula is C20H34N4O5S. The molecule has 0 saturated heterocycles. The maximum Gasteiger partial charge on any atom is 0.323 e. The van der Waals surface area contributed by atoms with Crippen molar-refractivity contribution in [3.63, 3.8) is 0 Å². The number of aryl methyl sites for hydroxylation is 1. The quantitative estimate of drug-likeness (QED) is 0.240. The fraction of sp³-hybridized carbons (Fsp3) is 0.600. The topological polar surface area (TPSA) is 146 Å². The van der Waals surface area contributed by atoms with Crippen molar-refractivity contribution in [1.82, 2.24) is 4.72 Å². The van der Waals surface area contributed by atoms with Crippen LogP contribution in [0, 0.1) is 20.8 Å². The van der Waals surface area contributed by atoms with Crippen molar-refractivity contribution in [3.8, 4) is 5.75 Å². The van der Waals surface area contributed by atoms with Gasteiger partial charge in [0.2, 0.25) is 5.96 Å². The summed E-state index contributed by atoms with van der Waals surface area (Å²) in [5.74, 6) is -0.0963. The second-order valence-corrected chi connectivity index (χ2v) is 9.75. The first-order valence-electron chi connectivity index (χ1n) is 9.65. The SMILES string of the molecule is COc1cc(C)c(S(=O)(=O)NC(N)=NCCCC(N)C(=O)OC(C)(C)C)c(C)c1C. The minimum Gasteiger partial charge on any atom is -0.496 e. The summed E-state index contributed by atoms with van der Waals surface area (Å²) in [6.45, 7) is 10.7. The molecule has 0 aromatic heterocycles. The van der Waals surface area contributed by atoms with E-state index < -0.39 is 27.6 Å². The molecule has 0 bridgehead atoms. The largest absolute Gasteiger partial charge is 0.496 e. The maximum atomic E-state index is 12.8. The van der Waals surface area contributed by atoms with Crippen LogP contribution in [-0.2, 0) is 19.6 Å². The number of carbonyl (C=O) groups is 1. The van der Waals surface area contributed by atoms with Gasteiger partial charge in [-0.05, 0) is 77.1 Å². The monoisotopic (exact) mass is 442 g/mol. The molecular weight excluding hydrogens is 408 g/mol. The van der Waals surface area contributed by atoms with E-state index in [9.17, 15) is 13.2 Å². The number of nitrogens with two attached hydrogens (primary N) is 2. The molecule has 10 heteroatoms. The molecule has 0 saturated carbocycles. The van der Waals surface area contributed by atoms with E-state index in [1.54, 1.807) is 47.6 Å². The van der Waals surface area contributed by atoms with E-state index in [-0.39, 0.29) is 17.4 Å². The molecule has 1 unspecified atom stereocenters. The van der Waals surface area contributed by atoms with Crippen LogP contribution < -0.4 is 20.9 Å². The molecule has 0 fully saturated rings.